The van der Waals surface area contributed by atoms with Gasteiger partial charge in [-0.05, 0) is 43.2 Å². The monoisotopic (exact) mass is 363 g/mol. The summed E-state index contributed by atoms with van der Waals surface area (Å²) in [4.78, 5) is 20.6. The number of amides is 1. The van der Waals surface area contributed by atoms with Gasteiger partial charge in [0.2, 0.25) is 0 Å². The Labute approximate surface area is 154 Å². The third-order valence-corrected chi connectivity index (χ3v) is 7.15. The summed E-state index contributed by atoms with van der Waals surface area (Å²) < 4.78 is 5.47. The topological polar surface area (TPSA) is 36.0 Å². The molecular weight excluding hydrogens is 334 g/mol. The van der Waals surface area contributed by atoms with Gasteiger partial charge in [-0.3, -0.25) is 9.69 Å². The van der Waals surface area contributed by atoms with Crippen molar-refractivity contribution in [2.75, 3.05) is 59.5 Å². The van der Waals surface area contributed by atoms with E-state index in [0.29, 0.717) is 11.5 Å². The van der Waals surface area contributed by atoms with Crippen molar-refractivity contribution in [3.63, 3.8) is 0 Å². The molecule has 1 atom stereocenters. The Morgan fingerprint density at radius 3 is 2.72 bits per heavy atom. The van der Waals surface area contributed by atoms with E-state index in [1.165, 1.54) is 19.5 Å². The van der Waals surface area contributed by atoms with Crippen LogP contribution in [-0.2, 0) is 4.74 Å². The molecule has 3 fully saturated rings. The molecule has 1 spiro atoms. The van der Waals surface area contributed by atoms with E-state index in [9.17, 15) is 4.79 Å². The van der Waals surface area contributed by atoms with E-state index >= 15 is 0 Å². The minimum Gasteiger partial charge on any atom is -0.379 e. The first-order valence-electron chi connectivity index (χ1n) is 9.48. The number of morpholine rings is 1. The molecule has 1 unspecified atom stereocenters. The lowest BCUT2D eigenvalue weighted by atomic mass is 9.76. The standard InChI is InChI=1S/C19H29N3O2S/c1-20-15-19(13-16(20)14-21-8-10-24-11-9-21)4-6-22(7-5-19)18(23)17-3-2-12-25-17/h2-3,12,16H,4-11,13-15H2,1H3. The number of nitrogens with zero attached hydrogens (tertiary/aromatic N) is 3. The van der Waals surface area contributed by atoms with Gasteiger partial charge in [0.15, 0.2) is 0 Å². The summed E-state index contributed by atoms with van der Waals surface area (Å²) in [6.45, 7) is 8.07. The zero-order valence-electron chi connectivity index (χ0n) is 15.2. The Kier molecular flexibility index (Phi) is 5.13. The second-order valence-corrected chi connectivity index (χ2v) is 8.90. The second kappa shape index (κ2) is 7.35. The van der Waals surface area contributed by atoms with E-state index in [-0.39, 0.29) is 5.91 Å². The van der Waals surface area contributed by atoms with Crippen molar-refractivity contribution in [1.82, 2.24) is 14.7 Å². The number of likely N-dealkylation sites (tertiary alicyclic amines) is 2. The quantitative estimate of drug-likeness (QED) is 0.823. The summed E-state index contributed by atoms with van der Waals surface area (Å²) in [5.74, 6) is 0.223. The molecule has 3 saturated heterocycles. The molecule has 1 aromatic heterocycles. The summed E-state index contributed by atoms with van der Waals surface area (Å²) in [6.07, 6.45) is 3.57. The van der Waals surface area contributed by atoms with Crippen molar-refractivity contribution in [3.8, 4) is 0 Å². The van der Waals surface area contributed by atoms with Gasteiger partial charge >= 0.3 is 0 Å². The van der Waals surface area contributed by atoms with E-state index in [1.54, 1.807) is 11.3 Å². The summed E-state index contributed by atoms with van der Waals surface area (Å²) >= 11 is 1.55. The van der Waals surface area contributed by atoms with Crippen LogP contribution in [0.15, 0.2) is 17.5 Å². The Bertz CT molecular complexity index is 577. The highest BCUT2D eigenvalue weighted by Crippen LogP contribution is 2.43. The minimum absolute atomic E-state index is 0.223. The average Bonchev–Trinajstić information content (AvgIpc) is 3.25. The van der Waals surface area contributed by atoms with Gasteiger partial charge in [-0.15, -0.1) is 11.3 Å². The lowest BCUT2D eigenvalue weighted by Gasteiger charge is -2.39. The Morgan fingerprint density at radius 2 is 2.04 bits per heavy atom. The van der Waals surface area contributed by atoms with Crippen LogP contribution in [0.5, 0.6) is 0 Å². The number of ether oxygens (including phenoxy) is 1. The van der Waals surface area contributed by atoms with Crippen molar-refractivity contribution in [2.24, 2.45) is 5.41 Å². The fourth-order valence-corrected chi connectivity index (χ4v) is 5.46. The molecule has 0 saturated carbocycles. The zero-order valence-corrected chi connectivity index (χ0v) is 16.0. The lowest BCUT2D eigenvalue weighted by Crippen LogP contribution is -2.44. The molecule has 6 heteroatoms. The predicted molar refractivity (Wildman–Crippen MR) is 100 cm³/mol. The third kappa shape index (κ3) is 3.77. The fraction of sp³-hybridized carbons (Fsp3) is 0.737. The number of hydrogen-bond donors (Lipinski definition) is 0. The predicted octanol–water partition coefficient (Wildman–Crippen LogP) is 2.01. The highest BCUT2D eigenvalue weighted by molar-refractivity contribution is 7.12. The maximum Gasteiger partial charge on any atom is 0.263 e. The molecule has 0 radical (unpaired) electrons. The lowest BCUT2D eigenvalue weighted by molar-refractivity contribution is 0.0283. The van der Waals surface area contributed by atoms with Gasteiger partial charge in [0.05, 0.1) is 18.1 Å². The van der Waals surface area contributed by atoms with Crippen LogP contribution < -0.4 is 0 Å². The highest BCUT2D eigenvalue weighted by Gasteiger charge is 2.45. The Hall–Kier alpha value is -0.950. The van der Waals surface area contributed by atoms with Crippen molar-refractivity contribution in [2.45, 2.75) is 25.3 Å². The van der Waals surface area contributed by atoms with Crippen molar-refractivity contribution in [3.05, 3.63) is 22.4 Å². The van der Waals surface area contributed by atoms with E-state index in [4.69, 9.17) is 4.74 Å². The Morgan fingerprint density at radius 1 is 1.28 bits per heavy atom. The van der Waals surface area contributed by atoms with E-state index in [1.807, 2.05) is 17.5 Å². The van der Waals surface area contributed by atoms with Crippen LogP contribution in [0, 0.1) is 5.41 Å². The maximum absolute atomic E-state index is 12.6. The molecule has 4 heterocycles. The van der Waals surface area contributed by atoms with Crippen LogP contribution in [0.25, 0.3) is 0 Å². The number of piperidine rings is 1. The number of carbonyl (C=O) groups is 1. The Balaban J connectivity index is 1.32. The largest absolute Gasteiger partial charge is 0.379 e. The zero-order chi connectivity index (χ0) is 17.3. The molecule has 3 aliphatic heterocycles. The van der Waals surface area contributed by atoms with Crippen LogP contribution in [-0.4, -0.2) is 86.2 Å². The van der Waals surface area contributed by atoms with Gasteiger partial charge in [0.1, 0.15) is 0 Å². The number of likely N-dealkylation sites (N-methyl/N-ethyl adjacent to an activating group) is 1. The number of hydrogen-bond acceptors (Lipinski definition) is 5. The first-order valence-corrected chi connectivity index (χ1v) is 10.4. The molecule has 1 amide bonds. The molecule has 0 bridgehead atoms. The molecule has 5 nitrogen and oxygen atoms in total. The van der Waals surface area contributed by atoms with Crippen molar-refractivity contribution >= 4 is 17.2 Å². The van der Waals surface area contributed by atoms with Crippen molar-refractivity contribution < 1.29 is 9.53 Å². The second-order valence-electron chi connectivity index (χ2n) is 7.96. The molecular formula is C19H29N3O2S. The fourth-order valence-electron chi connectivity index (χ4n) is 4.77. The third-order valence-electron chi connectivity index (χ3n) is 6.29. The van der Waals surface area contributed by atoms with Crippen LogP contribution in [0.2, 0.25) is 0 Å². The van der Waals surface area contributed by atoms with E-state index in [2.05, 4.69) is 21.7 Å². The molecule has 0 aromatic carbocycles. The number of carbonyl (C=O) groups excluding carboxylic acids is 1. The van der Waals surface area contributed by atoms with Crippen LogP contribution >= 0.6 is 11.3 Å². The van der Waals surface area contributed by atoms with Gasteiger partial charge in [0, 0.05) is 45.3 Å². The summed E-state index contributed by atoms with van der Waals surface area (Å²) in [7, 11) is 2.28. The van der Waals surface area contributed by atoms with Crippen LogP contribution in [0.3, 0.4) is 0 Å². The van der Waals surface area contributed by atoms with Gasteiger partial charge in [0.25, 0.3) is 5.91 Å². The van der Waals surface area contributed by atoms with Crippen LogP contribution in [0.1, 0.15) is 28.9 Å². The summed E-state index contributed by atoms with van der Waals surface area (Å²) in [6, 6.07) is 4.56. The average molecular weight is 364 g/mol. The van der Waals surface area contributed by atoms with E-state index in [0.717, 1.165) is 57.1 Å². The highest BCUT2D eigenvalue weighted by atomic mass is 32.1. The summed E-state index contributed by atoms with van der Waals surface area (Å²) in [5, 5.41) is 1.99. The molecule has 4 rings (SSSR count). The molecule has 1 aromatic rings. The normalized spacial score (nSPS) is 27.9. The van der Waals surface area contributed by atoms with E-state index < -0.39 is 0 Å². The van der Waals surface area contributed by atoms with Crippen molar-refractivity contribution in [1.29, 1.82) is 0 Å². The molecule has 0 N–H and O–H groups in total. The number of rotatable bonds is 3. The van der Waals surface area contributed by atoms with Gasteiger partial charge < -0.3 is 14.5 Å². The summed E-state index contributed by atoms with van der Waals surface area (Å²) in [5.41, 5.74) is 0.415. The molecule has 138 valence electrons. The molecule has 25 heavy (non-hydrogen) atoms. The van der Waals surface area contributed by atoms with Gasteiger partial charge in [-0.1, -0.05) is 6.07 Å². The smallest absolute Gasteiger partial charge is 0.263 e. The molecule has 0 aliphatic carbocycles. The first-order chi connectivity index (χ1) is 12.2. The minimum atomic E-state index is 0.223. The van der Waals surface area contributed by atoms with Crippen LogP contribution in [0.4, 0.5) is 0 Å². The maximum atomic E-state index is 12.6. The first kappa shape index (κ1) is 17.5. The van der Waals surface area contributed by atoms with Gasteiger partial charge in [-0.2, -0.15) is 0 Å². The molecule has 3 aliphatic rings. The number of thiophene rings is 1. The SMILES string of the molecule is CN1CC2(CCN(C(=O)c3cccs3)CC2)CC1CN1CCOCC1. The van der Waals surface area contributed by atoms with Gasteiger partial charge in [-0.25, -0.2) is 0 Å².